The minimum Gasteiger partial charge on any atom is -0.454 e. The summed E-state index contributed by atoms with van der Waals surface area (Å²) in [6, 6.07) is 4.61. The largest absolute Gasteiger partial charge is 0.454 e. The minimum atomic E-state index is -2.63. The molecule has 0 amide bonds. The normalized spacial score (nSPS) is 17.9. The van der Waals surface area contributed by atoms with Crippen molar-refractivity contribution in [1.82, 2.24) is 0 Å². The van der Waals surface area contributed by atoms with Gasteiger partial charge in [-0.2, -0.15) is 0 Å². The van der Waals surface area contributed by atoms with E-state index in [9.17, 15) is 8.78 Å². The fourth-order valence-electron chi connectivity index (χ4n) is 1.36. The fourth-order valence-corrected chi connectivity index (χ4v) is 1.36. The Balaban J connectivity index is 2.38. The molecule has 1 heterocycles. The third-order valence-corrected chi connectivity index (χ3v) is 2.45. The molecule has 2 rings (SSSR count). The Morgan fingerprint density at radius 2 is 2.00 bits per heavy atom. The zero-order chi connectivity index (χ0) is 11.1. The van der Waals surface area contributed by atoms with Gasteiger partial charge in [0.2, 0.25) is 6.79 Å². The molecule has 1 aliphatic rings. The van der Waals surface area contributed by atoms with Crippen LogP contribution in [0.1, 0.15) is 12.5 Å². The van der Waals surface area contributed by atoms with Crippen molar-refractivity contribution in [2.45, 2.75) is 18.9 Å². The summed E-state index contributed by atoms with van der Waals surface area (Å²) in [5, 5.41) is 0. The summed E-state index contributed by atoms with van der Waals surface area (Å²) in [5.74, 6) is 1.02. The Kier molecular flexibility index (Phi) is 2.26. The van der Waals surface area contributed by atoms with Gasteiger partial charge < -0.3 is 15.2 Å². The number of fused-ring (bicyclic) bond motifs is 1. The number of nitrogens with two attached hydrogens (primary N) is 1. The first-order chi connectivity index (χ1) is 7.01. The molecule has 1 aromatic rings. The van der Waals surface area contributed by atoms with Crippen LogP contribution in [0.5, 0.6) is 11.5 Å². The second-order valence-corrected chi connectivity index (χ2v) is 3.65. The maximum Gasteiger partial charge on any atom is 0.260 e. The lowest BCUT2D eigenvalue weighted by atomic mass is 9.93. The predicted octanol–water partition coefficient (Wildman–Crippen LogP) is 1.85. The first-order valence-corrected chi connectivity index (χ1v) is 4.49. The maximum atomic E-state index is 12.7. The van der Waals surface area contributed by atoms with Gasteiger partial charge in [-0.1, -0.05) is 6.07 Å². The highest BCUT2D eigenvalue weighted by Gasteiger charge is 2.33. The van der Waals surface area contributed by atoms with Crippen molar-refractivity contribution < 1.29 is 18.3 Å². The molecule has 1 atom stereocenters. The summed E-state index contributed by atoms with van der Waals surface area (Å²) in [5.41, 5.74) is 4.20. The molecule has 2 N–H and O–H groups in total. The van der Waals surface area contributed by atoms with E-state index in [1.54, 1.807) is 6.07 Å². The Hall–Kier alpha value is -1.36. The van der Waals surface area contributed by atoms with Crippen molar-refractivity contribution in [2.24, 2.45) is 5.73 Å². The van der Waals surface area contributed by atoms with E-state index in [4.69, 9.17) is 15.2 Å². The van der Waals surface area contributed by atoms with Gasteiger partial charge in [0.1, 0.15) is 0 Å². The van der Waals surface area contributed by atoms with Crippen LogP contribution in [0.3, 0.4) is 0 Å². The van der Waals surface area contributed by atoms with Gasteiger partial charge in [0.05, 0.1) is 5.54 Å². The topological polar surface area (TPSA) is 44.5 Å². The summed E-state index contributed by atoms with van der Waals surface area (Å²) in [6.45, 7) is 1.41. The molecule has 0 saturated carbocycles. The van der Waals surface area contributed by atoms with Crippen LogP contribution in [0, 0.1) is 0 Å². The molecule has 5 heteroatoms. The lowest BCUT2D eigenvalue weighted by Crippen LogP contribution is -2.40. The molecule has 0 saturated heterocycles. The number of hydrogen-bond donors (Lipinski definition) is 1. The molecule has 82 valence electrons. The Morgan fingerprint density at radius 1 is 1.33 bits per heavy atom. The van der Waals surface area contributed by atoms with E-state index >= 15 is 0 Å². The van der Waals surface area contributed by atoms with Gasteiger partial charge in [-0.05, 0) is 24.6 Å². The number of benzene rings is 1. The van der Waals surface area contributed by atoms with Crippen LogP contribution < -0.4 is 15.2 Å². The molecular formula is C10H11F2NO2. The molecule has 1 unspecified atom stereocenters. The van der Waals surface area contributed by atoms with E-state index in [0.717, 1.165) is 0 Å². The van der Waals surface area contributed by atoms with Crippen molar-refractivity contribution in [3.63, 3.8) is 0 Å². The third-order valence-electron chi connectivity index (χ3n) is 2.45. The van der Waals surface area contributed by atoms with E-state index < -0.39 is 12.0 Å². The number of rotatable bonds is 2. The zero-order valence-electron chi connectivity index (χ0n) is 8.17. The smallest absolute Gasteiger partial charge is 0.260 e. The van der Waals surface area contributed by atoms with Crippen molar-refractivity contribution in [3.05, 3.63) is 23.8 Å². The monoisotopic (exact) mass is 215 g/mol. The van der Waals surface area contributed by atoms with Crippen molar-refractivity contribution in [3.8, 4) is 11.5 Å². The lowest BCUT2D eigenvalue weighted by Gasteiger charge is -2.24. The van der Waals surface area contributed by atoms with Crippen LogP contribution in [-0.2, 0) is 5.54 Å². The molecule has 1 aromatic carbocycles. The third kappa shape index (κ3) is 1.63. The zero-order valence-corrected chi connectivity index (χ0v) is 8.17. The highest BCUT2D eigenvalue weighted by atomic mass is 19.3. The number of halogens is 2. The van der Waals surface area contributed by atoms with Gasteiger partial charge in [0.25, 0.3) is 6.43 Å². The molecule has 15 heavy (non-hydrogen) atoms. The highest BCUT2D eigenvalue weighted by molar-refractivity contribution is 5.46. The molecule has 0 aromatic heterocycles. The molecule has 0 aliphatic carbocycles. The van der Waals surface area contributed by atoms with Gasteiger partial charge in [0, 0.05) is 0 Å². The van der Waals surface area contributed by atoms with Crippen molar-refractivity contribution >= 4 is 0 Å². The van der Waals surface area contributed by atoms with Crippen molar-refractivity contribution in [1.29, 1.82) is 0 Å². The van der Waals surface area contributed by atoms with Gasteiger partial charge in [0.15, 0.2) is 11.5 Å². The van der Waals surface area contributed by atoms with Gasteiger partial charge in [-0.25, -0.2) is 8.78 Å². The van der Waals surface area contributed by atoms with Crippen LogP contribution in [0.2, 0.25) is 0 Å². The summed E-state index contributed by atoms with van der Waals surface area (Å²) in [4.78, 5) is 0. The summed E-state index contributed by atoms with van der Waals surface area (Å²) >= 11 is 0. The maximum absolute atomic E-state index is 12.7. The second-order valence-electron chi connectivity index (χ2n) is 3.65. The van der Waals surface area contributed by atoms with Crippen LogP contribution in [0.4, 0.5) is 8.78 Å². The fraction of sp³-hybridized carbons (Fsp3) is 0.400. The summed E-state index contributed by atoms with van der Waals surface area (Å²) in [7, 11) is 0. The van der Waals surface area contributed by atoms with E-state index in [2.05, 4.69) is 0 Å². The first kappa shape index (κ1) is 10.2. The summed E-state index contributed by atoms with van der Waals surface area (Å²) in [6.07, 6.45) is -2.63. The molecule has 0 spiro atoms. The Morgan fingerprint density at radius 3 is 2.67 bits per heavy atom. The average molecular weight is 215 g/mol. The van der Waals surface area contributed by atoms with Crippen LogP contribution in [0.15, 0.2) is 18.2 Å². The van der Waals surface area contributed by atoms with E-state index in [0.29, 0.717) is 17.1 Å². The Labute approximate surface area is 85.8 Å². The SMILES string of the molecule is CC(N)(c1ccc2c(c1)OCO2)C(F)F. The van der Waals surface area contributed by atoms with E-state index in [-0.39, 0.29) is 6.79 Å². The molecular weight excluding hydrogens is 204 g/mol. The lowest BCUT2D eigenvalue weighted by molar-refractivity contribution is 0.0624. The van der Waals surface area contributed by atoms with Crippen LogP contribution in [0.25, 0.3) is 0 Å². The van der Waals surface area contributed by atoms with Crippen molar-refractivity contribution in [2.75, 3.05) is 6.79 Å². The van der Waals surface area contributed by atoms with Crippen LogP contribution >= 0.6 is 0 Å². The molecule has 0 fully saturated rings. The van der Waals surface area contributed by atoms with Gasteiger partial charge >= 0.3 is 0 Å². The van der Waals surface area contributed by atoms with E-state index in [1.165, 1.54) is 19.1 Å². The number of ether oxygens (including phenoxy) is 2. The first-order valence-electron chi connectivity index (χ1n) is 4.49. The highest BCUT2D eigenvalue weighted by Crippen LogP contribution is 2.36. The quantitative estimate of drug-likeness (QED) is 0.818. The molecule has 0 bridgehead atoms. The number of hydrogen-bond acceptors (Lipinski definition) is 3. The standard InChI is InChI=1S/C10H11F2NO2/c1-10(13,9(11)12)6-2-3-7-8(4-6)15-5-14-7/h2-4,9H,5,13H2,1H3. The number of alkyl halides is 2. The summed E-state index contributed by atoms with van der Waals surface area (Å²) < 4.78 is 35.5. The minimum absolute atomic E-state index is 0.120. The molecule has 1 aliphatic heterocycles. The van der Waals surface area contributed by atoms with Gasteiger partial charge in [-0.15, -0.1) is 0 Å². The van der Waals surface area contributed by atoms with E-state index in [1.807, 2.05) is 0 Å². The molecule has 0 radical (unpaired) electrons. The molecule has 3 nitrogen and oxygen atoms in total. The average Bonchev–Trinajstić information content (AvgIpc) is 2.63. The Bertz CT molecular complexity index is 380. The second kappa shape index (κ2) is 3.34. The predicted molar refractivity (Wildman–Crippen MR) is 50.1 cm³/mol. The van der Waals surface area contributed by atoms with Crippen LogP contribution in [-0.4, -0.2) is 13.2 Å². The van der Waals surface area contributed by atoms with Gasteiger partial charge in [-0.3, -0.25) is 0 Å².